The molecule has 1 aromatic heterocycles. The summed E-state index contributed by atoms with van der Waals surface area (Å²) in [4.78, 5) is 19.4. The zero-order valence-electron chi connectivity index (χ0n) is 10.6. The van der Waals surface area contributed by atoms with E-state index < -0.39 is 12.0 Å². The van der Waals surface area contributed by atoms with Crippen molar-refractivity contribution in [2.24, 2.45) is 5.73 Å². The van der Waals surface area contributed by atoms with Crippen LogP contribution in [-0.2, 0) is 11.2 Å². The number of hydrogen-bond acceptors (Lipinski definition) is 4. The maximum atomic E-state index is 10.8. The van der Waals surface area contributed by atoms with Crippen LogP contribution >= 0.6 is 0 Å². The molecule has 5 heteroatoms. The number of hydrogen-bond donors (Lipinski definition) is 2. The SMILES string of the molecule is Cc1cc(-c2ccccc2)nc(CC(N)C(=O)O)n1. The first-order valence-electron chi connectivity index (χ1n) is 5.94. The van der Waals surface area contributed by atoms with Gasteiger partial charge in [0.05, 0.1) is 5.69 Å². The first-order valence-corrected chi connectivity index (χ1v) is 5.94. The summed E-state index contributed by atoms with van der Waals surface area (Å²) in [5.74, 6) is -0.597. The predicted molar refractivity (Wildman–Crippen MR) is 71.5 cm³/mol. The van der Waals surface area contributed by atoms with E-state index in [0.29, 0.717) is 5.82 Å². The van der Waals surface area contributed by atoms with Crippen LogP contribution in [0.25, 0.3) is 11.3 Å². The summed E-state index contributed by atoms with van der Waals surface area (Å²) in [6.45, 7) is 1.85. The van der Waals surface area contributed by atoms with Gasteiger partial charge in [0.25, 0.3) is 0 Å². The summed E-state index contributed by atoms with van der Waals surface area (Å²) in [6, 6.07) is 10.6. The van der Waals surface area contributed by atoms with Gasteiger partial charge in [0.15, 0.2) is 0 Å². The van der Waals surface area contributed by atoms with E-state index in [1.165, 1.54) is 0 Å². The molecule has 2 aromatic rings. The molecule has 0 saturated heterocycles. The quantitative estimate of drug-likeness (QED) is 0.864. The highest BCUT2D eigenvalue weighted by molar-refractivity contribution is 5.73. The lowest BCUT2D eigenvalue weighted by molar-refractivity contribution is -0.138. The third kappa shape index (κ3) is 3.35. The molecule has 1 atom stereocenters. The zero-order chi connectivity index (χ0) is 13.8. The summed E-state index contributed by atoms with van der Waals surface area (Å²) >= 11 is 0. The van der Waals surface area contributed by atoms with Crippen LogP contribution in [0.4, 0.5) is 0 Å². The molecule has 0 fully saturated rings. The standard InChI is InChI=1S/C14H15N3O2/c1-9-7-12(10-5-3-2-4-6-10)17-13(16-9)8-11(15)14(18)19/h2-7,11H,8,15H2,1H3,(H,18,19). The fourth-order valence-electron chi connectivity index (χ4n) is 1.76. The molecule has 98 valence electrons. The Kier molecular flexibility index (Phi) is 3.87. The van der Waals surface area contributed by atoms with Gasteiger partial charge >= 0.3 is 5.97 Å². The average Bonchev–Trinajstić information content (AvgIpc) is 2.39. The highest BCUT2D eigenvalue weighted by Crippen LogP contribution is 2.17. The van der Waals surface area contributed by atoms with Crippen molar-refractivity contribution in [3.8, 4) is 11.3 Å². The fraction of sp³-hybridized carbons (Fsp3) is 0.214. The fourth-order valence-corrected chi connectivity index (χ4v) is 1.76. The number of aliphatic carboxylic acids is 1. The highest BCUT2D eigenvalue weighted by Gasteiger charge is 2.15. The number of carbonyl (C=O) groups is 1. The largest absolute Gasteiger partial charge is 0.480 e. The Morgan fingerprint density at radius 3 is 2.63 bits per heavy atom. The molecule has 0 aliphatic carbocycles. The molecule has 1 aromatic carbocycles. The van der Waals surface area contributed by atoms with E-state index in [0.717, 1.165) is 17.0 Å². The van der Waals surface area contributed by atoms with Gasteiger partial charge in [0, 0.05) is 17.7 Å². The van der Waals surface area contributed by atoms with Crippen molar-refractivity contribution in [1.29, 1.82) is 0 Å². The van der Waals surface area contributed by atoms with Crippen LogP contribution in [0.1, 0.15) is 11.5 Å². The lowest BCUT2D eigenvalue weighted by Gasteiger charge is -2.08. The molecule has 3 N–H and O–H groups in total. The number of nitrogens with zero attached hydrogens (tertiary/aromatic N) is 2. The summed E-state index contributed by atoms with van der Waals surface area (Å²) in [7, 11) is 0. The van der Waals surface area contributed by atoms with Gasteiger partial charge in [0.1, 0.15) is 11.9 Å². The van der Waals surface area contributed by atoms with Gasteiger partial charge in [-0.15, -0.1) is 0 Å². The normalized spacial score (nSPS) is 12.1. The Bertz CT molecular complexity index is 584. The van der Waals surface area contributed by atoms with E-state index in [-0.39, 0.29) is 6.42 Å². The molecule has 1 unspecified atom stereocenters. The summed E-state index contributed by atoms with van der Waals surface area (Å²) in [6.07, 6.45) is 0.122. The number of rotatable bonds is 4. The minimum absolute atomic E-state index is 0.122. The van der Waals surface area contributed by atoms with Gasteiger partial charge < -0.3 is 10.8 Å². The zero-order valence-corrected chi connectivity index (χ0v) is 10.6. The number of aromatic nitrogens is 2. The first-order chi connectivity index (χ1) is 9.06. The maximum absolute atomic E-state index is 10.8. The first kappa shape index (κ1) is 13.2. The van der Waals surface area contributed by atoms with E-state index in [2.05, 4.69) is 9.97 Å². The predicted octanol–water partition coefficient (Wildman–Crippen LogP) is 1.41. The average molecular weight is 257 g/mol. The third-order valence-electron chi connectivity index (χ3n) is 2.69. The Balaban J connectivity index is 2.32. The van der Waals surface area contributed by atoms with Crippen LogP contribution in [0.3, 0.4) is 0 Å². The number of carboxylic acid groups (broad SMARTS) is 1. The van der Waals surface area contributed by atoms with Crippen LogP contribution in [0.5, 0.6) is 0 Å². The van der Waals surface area contributed by atoms with Crippen molar-refractivity contribution in [3.63, 3.8) is 0 Å². The molecule has 5 nitrogen and oxygen atoms in total. The molecule has 1 heterocycles. The molecule has 2 rings (SSSR count). The van der Waals surface area contributed by atoms with Crippen LogP contribution in [0, 0.1) is 6.92 Å². The van der Waals surface area contributed by atoms with Gasteiger partial charge in [-0.3, -0.25) is 4.79 Å². The van der Waals surface area contributed by atoms with Crippen molar-refractivity contribution in [3.05, 3.63) is 47.9 Å². The van der Waals surface area contributed by atoms with E-state index in [9.17, 15) is 4.79 Å². The van der Waals surface area contributed by atoms with E-state index >= 15 is 0 Å². The molecular formula is C14H15N3O2. The summed E-state index contributed by atoms with van der Waals surface area (Å²) in [5, 5.41) is 8.82. The van der Waals surface area contributed by atoms with Gasteiger partial charge in [-0.25, -0.2) is 9.97 Å². The Morgan fingerprint density at radius 2 is 2.00 bits per heavy atom. The lowest BCUT2D eigenvalue weighted by Crippen LogP contribution is -2.33. The maximum Gasteiger partial charge on any atom is 0.320 e. The smallest absolute Gasteiger partial charge is 0.320 e. The van der Waals surface area contributed by atoms with Crippen molar-refractivity contribution in [1.82, 2.24) is 9.97 Å². The van der Waals surface area contributed by atoms with Crippen LogP contribution < -0.4 is 5.73 Å². The highest BCUT2D eigenvalue weighted by atomic mass is 16.4. The Morgan fingerprint density at radius 1 is 1.32 bits per heavy atom. The van der Waals surface area contributed by atoms with E-state index in [4.69, 9.17) is 10.8 Å². The minimum Gasteiger partial charge on any atom is -0.480 e. The Hall–Kier alpha value is -2.27. The van der Waals surface area contributed by atoms with Crippen LogP contribution in [0.2, 0.25) is 0 Å². The van der Waals surface area contributed by atoms with Crippen LogP contribution in [0.15, 0.2) is 36.4 Å². The van der Waals surface area contributed by atoms with Gasteiger partial charge in [-0.2, -0.15) is 0 Å². The molecule has 0 aliphatic rings. The van der Waals surface area contributed by atoms with Crippen molar-refractivity contribution >= 4 is 5.97 Å². The molecule has 0 amide bonds. The number of aryl methyl sites for hydroxylation is 1. The van der Waals surface area contributed by atoms with Gasteiger partial charge in [-0.05, 0) is 13.0 Å². The van der Waals surface area contributed by atoms with Crippen molar-refractivity contribution in [2.45, 2.75) is 19.4 Å². The lowest BCUT2D eigenvalue weighted by atomic mass is 10.1. The van der Waals surface area contributed by atoms with Crippen molar-refractivity contribution in [2.75, 3.05) is 0 Å². The van der Waals surface area contributed by atoms with E-state index in [1.54, 1.807) is 0 Å². The van der Waals surface area contributed by atoms with Gasteiger partial charge in [0.2, 0.25) is 0 Å². The topological polar surface area (TPSA) is 89.1 Å². The molecule has 0 radical (unpaired) electrons. The molecule has 19 heavy (non-hydrogen) atoms. The summed E-state index contributed by atoms with van der Waals surface area (Å²) < 4.78 is 0. The number of benzene rings is 1. The van der Waals surface area contributed by atoms with E-state index in [1.807, 2.05) is 43.3 Å². The second-order valence-electron chi connectivity index (χ2n) is 4.33. The molecule has 0 bridgehead atoms. The number of nitrogens with two attached hydrogens (primary N) is 1. The second kappa shape index (κ2) is 5.58. The molecule has 0 aliphatic heterocycles. The van der Waals surface area contributed by atoms with Crippen LogP contribution in [-0.4, -0.2) is 27.1 Å². The summed E-state index contributed by atoms with van der Waals surface area (Å²) in [5.41, 5.74) is 8.05. The van der Waals surface area contributed by atoms with Crippen molar-refractivity contribution < 1.29 is 9.90 Å². The van der Waals surface area contributed by atoms with Gasteiger partial charge in [-0.1, -0.05) is 30.3 Å². The third-order valence-corrected chi connectivity index (χ3v) is 2.69. The monoisotopic (exact) mass is 257 g/mol. The molecule has 0 saturated carbocycles. The number of carboxylic acids is 1. The molecular weight excluding hydrogens is 242 g/mol. The second-order valence-corrected chi connectivity index (χ2v) is 4.33. The molecule has 0 spiro atoms. The Labute approximate surface area is 111 Å². The minimum atomic E-state index is -1.05.